The predicted octanol–water partition coefficient (Wildman–Crippen LogP) is 7.68. The number of fused-ring (bicyclic) bond motifs is 2. The molecule has 1 aromatic rings. The molecule has 1 fully saturated rings. The van der Waals surface area contributed by atoms with Gasteiger partial charge in [0.1, 0.15) is 52.5 Å². The third-order valence-corrected chi connectivity index (χ3v) is 7.65. The molecule has 62 heavy (non-hydrogen) atoms. The van der Waals surface area contributed by atoms with Crippen LogP contribution in [0.4, 0.5) is 40.5 Å². The highest BCUT2D eigenvalue weighted by Gasteiger charge is 2.58. The number of hydrogen-bond acceptors (Lipinski definition) is 18. The molecule has 0 aromatic carbocycles. The molecule has 21 heteroatoms. The topological polar surface area (TPSA) is 247 Å². The van der Waals surface area contributed by atoms with Crippen LogP contribution in [0.1, 0.15) is 130 Å². The first-order valence-corrected chi connectivity index (χ1v) is 20.0. The van der Waals surface area contributed by atoms with Crippen molar-refractivity contribution in [2.45, 2.75) is 189 Å². The molecule has 0 radical (unpaired) electrons. The number of carbonyl (C=O) groups excluding carboxylic acids is 6. The van der Waals surface area contributed by atoms with Crippen LogP contribution in [0.15, 0.2) is 4.79 Å². The normalized spacial score (nSPS) is 20.6. The second kappa shape index (κ2) is 18.2. The molecular weight excluding hydrogens is 820 g/mol. The summed E-state index contributed by atoms with van der Waals surface area (Å²) in [6, 6.07) is 0. The van der Waals surface area contributed by atoms with Gasteiger partial charge in [0.15, 0.2) is 18.0 Å². The van der Waals surface area contributed by atoms with Gasteiger partial charge in [-0.25, -0.2) is 33.7 Å². The van der Waals surface area contributed by atoms with E-state index >= 15 is 0 Å². The van der Waals surface area contributed by atoms with Gasteiger partial charge < -0.3 is 47.4 Å². The summed E-state index contributed by atoms with van der Waals surface area (Å²) in [6.07, 6.45) is -14.3. The zero-order valence-corrected chi connectivity index (χ0v) is 39.1. The highest BCUT2D eigenvalue weighted by molar-refractivity contribution is 6.08. The molecule has 350 valence electrons. The number of nitrogens with one attached hydrogen (secondary N) is 1. The van der Waals surface area contributed by atoms with E-state index in [0.29, 0.717) is 4.90 Å². The van der Waals surface area contributed by atoms with Gasteiger partial charge in [-0.1, -0.05) is 0 Å². The minimum Gasteiger partial charge on any atom is -0.443 e. The molecule has 5 atom stereocenters. The van der Waals surface area contributed by atoms with Gasteiger partial charge in [-0.3, -0.25) is 9.78 Å². The number of amides is 3. The molecule has 0 aliphatic carbocycles. The molecule has 0 spiro atoms. The zero-order valence-electron chi connectivity index (χ0n) is 39.1. The Kier molecular flexibility index (Phi) is 15.0. The fraction of sp³-hybridized carbons (Fsp3) is 0.756. The molecule has 5 unspecified atom stereocenters. The van der Waals surface area contributed by atoms with E-state index in [9.17, 15) is 33.6 Å². The van der Waals surface area contributed by atoms with Gasteiger partial charge in [-0.2, -0.15) is 4.98 Å². The first kappa shape index (κ1) is 51.0. The number of hydrogen-bond donors (Lipinski definition) is 1. The SMILES string of the molecule is CC(C)(C)OC(=O)OCC1OC2C(Cc3c(nc(N(C(=O)OC(C)(C)C)C(=O)OC(C)(C)C)[nH]c3=O)N2C(=O)OC(C)(C)C)C(OC(=O)OC(C)(C)C)C1OC(=O)OC(C)(C)C. The van der Waals surface area contributed by atoms with Crippen molar-refractivity contribution >= 4 is 48.5 Å². The van der Waals surface area contributed by atoms with Crippen LogP contribution in [0.3, 0.4) is 0 Å². The van der Waals surface area contributed by atoms with Crippen molar-refractivity contribution in [3.63, 3.8) is 0 Å². The third kappa shape index (κ3) is 15.2. The maximum atomic E-state index is 14.5. The van der Waals surface area contributed by atoms with E-state index in [1.165, 1.54) is 0 Å². The van der Waals surface area contributed by atoms with Crippen LogP contribution in [-0.4, -0.2) is 111 Å². The number of anilines is 2. The number of nitrogens with zero attached hydrogens (tertiary/aromatic N) is 3. The molecule has 1 saturated heterocycles. The summed E-state index contributed by atoms with van der Waals surface area (Å²) in [5, 5.41) is 0. The van der Waals surface area contributed by atoms with Gasteiger partial charge in [0.05, 0.1) is 11.5 Å². The van der Waals surface area contributed by atoms with E-state index in [2.05, 4.69) is 9.97 Å². The summed E-state index contributed by atoms with van der Waals surface area (Å²) in [4.78, 5) is 104. The number of H-pyrrole nitrogens is 1. The van der Waals surface area contributed by atoms with E-state index in [1.807, 2.05) is 0 Å². The number of carbonyl (C=O) groups is 6. The number of ether oxygens (including phenoxy) is 10. The maximum Gasteiger partial charge on any atom is 0.509 e. The molecule has 0 bridgehead atoms. The van der Waals surface area contributed by atoms with Gasteiger partial charge in [0.25, 0.3) is 5.56 Å². The van der Waals surface area contributed by atoms with Gasteiger partial charge in [0.2, 0.25) is 5.95 Å². The largest absolute Gasteiger partial charge is 0.509 e. The third-order valence-electron chi connectivity index (χ3n) is 7.65. The summed E-state index contributed by atoms with van der Waals surface area (Å²) >= 11 is 0. The Balaban J connectivity index is 2.39. The Labute approximate surface area is 361 Å². The van der Waals surface area contributed by atoms with Crippen LogP contribution < -0.4 is 15.4 Å². The molecule has 21 nitrogen and oxygen atoms in total. The van der Waals surface area contributed by atoms with Crippen LogP contribution >= 0.6 is 0 Å². The number of imide groups is 1. The second-order valence-corrected chi connectivity index (χ2v) is 20.6. The van der Waals surface area contributed by atoms with E-state index in [-0.39, 0.29) is 5.56 Å². The maximum absolute atomic E-state index is 14.5. The van der Waals surface area contributed by atoms with Gasteiger partial charge in [-0.15, -0.1) is 4.90 Å². The lowest BCUT2D eigenvalue weighted by Crippen LogP contribution is -2.66. The molecule has 1 N–H and O–H groups in total. The Morgan fingerprint density at radius 1 is 0.629 bits per heavy atom. The van der Waals surface area contributed by atoms with Crippen molar-refractivity contribution in [2.24, 2.45) is 5.92 Å². The van der Waals surface area contributed by atoms with Crippen molar-refractivity contribution < 1.29 is 76.1 Å². The minimum absolute atomic E-state index is 0.241. The van der Waals surface area contributed by atoms with Crippen molar-refractivity contribution in [2.75, 3.05) is 16.4 Å². The van der Waals surface area contributed by atoms with Crippen LogP contribution in [-0.2, 0) is 53.8 Å². The summed E-state index contributed by atoms with van der Waals surface area (Å²) < 4.78 is 56.5. The number of aromatic amines is 1. The first-order valence-electron chi connectivity index (χ1n) is 20.0. The molecule has 3 amide bonds. The number of aromatic nitrogens is 2. The van der Waals surface area contributed by atoms with Crippen LogP contribution in [0.5, 0.6) is 0 Å². The quantitative estimate of drug-likeness (QED) is 0.220. The molecule has 3 heterocycles. The van der Waals surface area contributed by atoms with Gasteiger partial charge >= 0.3 is 36.7 Å². The lowest BCUT2D eigenvalue weighted by atomic mass is 9.82. The highest BCUT2D eigenvalue weighted by Crippen LogP contribution is 2.42. The van der Waals surface area contributed by atoms with Crippen molar-refractivity contribution in [3.05, 3.63) is 15.9 Å². The van der Waals surface area contributed by atoms with Gasteiger partial charge in [-0.05, 0) is 131 Å². The average Bonchev–Trinajstić information content (AvgIpc) is 2.99. The van der Waals surface area contributed by atoms with Crippen molar-refractivity contribution in [1.82, 2.24) is 9.97 Å². The molecule has 0 saturated carbocycles. The summed E-state index contributed by atoms with van der Waals surface area (Å²) in [7, 11) is 0. The lowest BCUT2D eigenvalue weighted by Gasteiger charge is -2.50. The van der Waals surface area contributed by atoms with Crippen molar-refractivity contribution in [1.29, 1.82) is 0 Å². The Hall–Kier alpha value is -5.34. The standard InChI is InChI=1S/C41H64N4O17/c1-36(2,3)57-30(47)44-26-22(27(46)43-29(42-26)45(31(48)58-37(4,5)6)32(49)59-38(7,8)9)19-21-24(55-34(51)61-40(13,14)15)25(56-35(52)62-41(16,17)18)23(54-28(21)44)20-53-33(50)60-39(10,11)12/h21,23-25,28H,19-20H2,1-18H3,(H,42,43,46). The lowest BCUT2D eigenvalue weighted by molar-refractivity contribution is -0.222. The molecule has 1 aromatic heterocycles. The summed E-state index contributed by atoms with van der Waals surface area (Å²) in [6.45, 7) is 27.5. The average molecular weight is 885 g/mol. The fourth-order valence-corrected chi connectivity index (χ4v) is 5.76. The van der Waals surface area contributed by atoms with E-state index in [1.54, 1.807) is 125 Å². The van der Waals surface area contributed by atoms with E-state index < -0.39 is 131 Å². The first-order chi connectivity index (χ1) is 27.8. The fourth-order valence-electron chi connectivity index (χ4n) is 5.76. The Morgan fingerprint density at radius 2 is 1.05 bits per heavy atom. The minimum atomic E-state index is -1.66. The zero-order chi connectivity index (χ0) is 47.7. The predicted molar refractivity (Wildman–Crippen MR) is 219 cm³/mol. The van der Waals surface area contributed by atoms with Crippen LogP contribution in [0.25, 0.3) is 0 Å². The monoisotopic (exact) mass is 884 g/mol. The van der Waals surface area contributed by atoms with E-state index in [4.69, 9.17) is 47.4 Å². The molecule has 2 aliphatic heterocycles. The molecule has 2 aliphatic rings. The second-order valence-electron chi connectivity index (χ2n) is 20.6. The summed E-state index contributed by atoms with van der Waals surface area (Å²) in [5.41, 5.74) is -7.83. The van der Waals surface area contributed by atoms with Gasteiger partial charge in [0, 0.05) is 0 Å². The van der Waals surface area contributed by atoms with E-state index in [0.717, 1.165) is 4.90 Å². The van der Waals surface area contributed by atoms with Crippen LogP contribution in [0.2, 0.25) is 0 Å². The van der Waals surface area contributed by atoms with Crippen molar-refractivity contribution in [3.8, 4) is 0 Å². The highest BCUT2D eigenvalue weighted by atomic mass is 16.8. The molecule has 3 rings (SSSR count). The Bertz CT molecular complexity index is 1880. The Morgan fingerprint density at radius 3 is 1.48 bits per heavy atom. The molecular formula is C41H64N4O17. The summed E-state index contributed by atoms with van der Waals surface area (Å²) in [5.74, 6) is -2.46. The smallest absolute Gasteiger partial charge is 0.443 e. The van der Waals surface area contributed by atoms with Crippen LogP contribution in [0, 0.1) is 5.92 Å². The number of rotatable bonds is 5.